The van der Waals surface area contributed by atoms with Crippen LogP contribution in [0, 0.1) is 31.5 Å². The van der Waals surface area contributed by atoms with E-state index in [1.165, 1.54) is 23.5 Å². The van der Waals surface area contributed by atoms with Gasteiger partial charge >= 0.3 is 0 Å². The highest BCUT2D eigenvalue weighted by molar-refractivity contribution is 7.91. The first kappa shape index (κ1) is 28.8. The van der Waals surface area contributed by atoms with E-state index in [1.54, 1.807) is 6.20 Å². The van der Waals surface area contributed by atoms with E-state index in [1.807, 2.05) is 19.9 Å². The van der Waals surface area contributed by atoms with Gasteiger partial charge in [-0.2, -0.15) is 4.98 Å². The molecule has 10 nitrogen and oxygen atoms in total. The number of benzene rings is 1. The molecule has 0 spiro atoms. The fraction of sp³-hybridized carbons (Fsp3) is 0.448. The number of halogens is 1. The quantitative estimate of drug-likeness (QED) is 0.203. The van der Waals surface area contributed by atoms with Gasteiger partial charge in [0.2, 0.25) is 5.95 Å². The van der Waals surface area contributed by atoms with Crippen molar-refractivity contribution in [2.24, 2.45) is 11.8 Å². The Labute approximate surface area is 247 Å². The van der Waals surface area contributed by atoms with Crippen molar-refractivity contribution in [3.8, 4) is 10.6 Å². The molecule has 42 heavy (non-hydrogen) atoms. The van der Waals surface area contributed by atoms with Crippen LogP contribution < -0.4 is 10.6 Å². The highest BCUT2D eigenvalue weighted by Gasteiger charge is 2.44. The van der Waals surface area contributed by atoms with Crippen LogP contribution in [0.2, 0.25) is 0 Å². The predicted molar refractivity (Wildman–Crippen MR) is 160 cm³/mol. The molecule has 2 fully saturated rings. The highest BCUT2D eigenvalue weighted by Crippen LogP contribution is 2.40. The van der Waals surface area contributed by atoms with Gasteiger partial charge in [-0.3, -0.25) is 4.98 Å². The number of hydrogen-bond acceptors (Lipinski definition) is 11. The van der Waals surface area contributed by atoms with Crippen LogP contribution in [0.1, 0.15) is 37.6 Å². The zero-order chi connectivity index (χ0) is 29.8. The molecule has 2 aliphatic rings. The first-order valence-corrected chi connectivity index (χ1v) is 16.5. The maximum atomic E-state index is 13.4. The van der Waals surface area contributed by atoms with Gasteiger partial charge in [0.1, 0.15) is 28.3 Å². The largest absolute Gasteiger partial charge is 0.390 e. The summed E-state index contributed by atoms with van der Waals surface area (Å²) in [5.41, 5.74) is 2.95. The summed E-state index contributed by atoms with van der Waals surface area (Å²) >= 11 is 1.48. The zero-order valence-electron chi connectivity index (χ0n) is 23.5. The smallest absolute Gasteiger partial charge is 0.225 e. The summed E-state index contributed by atoms with van der Waals surface area (Å²) < 4.78 is 40.4. The number of anilines is 2. The number of nitrogens with zero attached hydrogens (tertiary/aromatic N) is 4. The average molecular weight is 613 g/mol. The maximum Gasteiger partial charge on any atom is 0.225 e. The molecule has 0 aliphatic heterocycles. The van der Waals surface area contributed by atoms with Gasteiger partial charge < -0.3 is 20.8 Å². The standard InChI is InChI=1S/C29H33FN6O4S2/c1-14(17-4-5-17)32-29-33-15(2)23(28-35-24-16(3)31-11-10-22(24)41-28)27(36-29)34-21-12-18(25(37)26(21)38)13-42(39,40)20-8-6-19(30)7-9-20/h6-11,14,17-18,21,25-26,37-38H,4-5,12-13H2,1-3H3,(H2,32,33,34,36)/t14-,18-,21-,25-,26+/m1/s1. The Morgan fingerprint density at radius 1 is 1.05 bits per heavy atom. The number of rotatable bonds is 9. The number of nitrogens with one attached hydrogen (secondary N) is 2. The topological polar surface area (TPSA) is 150 Å². The van der Waals surface area contributed by atoms with E-state index >= 15 is 0 Å². The number of thiazole rings is 1. The maximum absolute atomic E-state index is 13.4. The Balaban J connectivity index is 1.31. The number of hydrogen-bond donors (Lipinski definition) is 4. The Kier molecular flexibility index (Phi) is 7.62. The molecule has 0 unspecified atom stereocenters. The summed E-state index contributed by atoms with van der Waals surface area (Å²) in [6, 6.07) is 6.01. The van der Waals surface area contributed by atoms with Crippen LogP contribution in [0.5, 0.6) is 0 Å². The van der Waals surface area contributed by atoms with Crippen LogP contribution in [0.15, 0.2) is 41.4 Å². The molecule has 0 amide bonds. The van der Waals surface area contributed by atoms with E-state index in [4.69, 9.17) is 15.0 Å². The Morgan fingerprint density at radius 3 is 2.48 bits per heavy atom. The number of aryl methyl sites for hydroxylation is 2. The summed E-state index contributed by atoms with van der Waals surface area (Å²) in [4.78, 5) is 18.7. The summed E-state index contributed by atoms with van der Waals surface area (Å²) in [6.07, 6.45) is 1.70. The second-order valence-electron chi connectivity index (χ2n) is 11.4. The minimum Gasteiger partial charge on any atom is -0.390 e. The molecular weight excluding hydrogens is 579 g/mol. The lowest BCUT2D eigenvalue weighted by Gasteiger charge is -2.22. The van der Waals surface area contributed by atoms with Crippen molar-refractivity contribution >= 4 is 43.2 Å². The Bertz CT molecular complexity index is 1730. The molecule has 6 rings (SSSR count). The number of aromatic nitrogens is 4. The van der Waals surface area contributed by atoms with Crippen LogP contribution in [0.25, 0.3) is 20.8 Å². The molecule has 4 aromatic rings. The highest BCUT2D eigenvalue weighted by atomic mass is 32.2. The first-order valence-electron chi connectivity index (χ1n) is 14.0. The average Bonchev–Trinajstić information content (AvgIpc) is 3.65. The van der Waals surface area contributed by atoms with E-state index in [-0.39, 0.29) is 23.1 Å². The van der Waals surface area contributed by atoms with Gasteiger partial charge in [-0.1, -0.05) is 0 Å². The van der Waals surface area contributed by atoms with Gasteiger partial charge in [0.15, 0.2) is 9.84 Å². The van der Waals surface area contributed by atoms with Crippen LogP contribution in [-0.2, 0) is 9.84 Å². The lowest BCUT2D eigenvalue weighted by atomic mass is 10.1. The second-order valence-corrected chi connectivity index (χ2v) is 14.4. The molecular formula is C29H33FN6O4S2. The second kappa shape index (κ2) is 11.1. The van der Waals surface area contributed by atoms with Crippen molar-refractivity contribution in [1.82, 2.24) is 19.9 Å². The lowest BCUT2D eigenvalue weighted by Crippen LogP contribution is -2.36. The number of fused-ring (bicyclic) bond motifs is 1. The van der Waals surface area contributed by atoms with Crippen molar-refractivity contribution in [3.05, 3.63) is 53.7 Å². The summed E-state index contributed by atoms with van der Waals surface area (Å²) in [7, 11) is -3.83. The van der Waals surface area contributed by atoms with Gasteiger partial charge in [-0.15, -0.1) is 11.3 Å². The predicted octanol–water partition coefficient (Wildman–Crippen LogP) is 4.11. The number of sulfone groups is 1. The molecule has 4 N–H and O–H groups in total. The molecule has 222 valence electrons. The van der Waals surface area contributed by atoms with Crippen LogP contribution >= 0.6 is 11.3 Å². The third-order valence-electron chi connectivity index (χ3n) is 8.21. The molecule has 3 heterocycles. The summed E-state index contributed by atoms with van der Waals surface area (Å²) in [6.45, 7) is 5.88. The van der Waals surface area contributed by atoms with Crippen LogP contribution in [0.3, 0.4) is 0 Å². The molecule has 1 aromatic carbocycles. The van der Waals surface area contributed by atoms with Gasteiger partial charge in [0.25, 0.3) is 0 Å². The van der Waals surface area contributed by atoms with Gasteiger partial charge in [0.05, 0.1) is 44.4 Å². The van der Waals surface area contributed by atoms with Gasteiger partial charge in [-0.05, 0) is 76.3 Å². The molecule has 2 aliphatic carbocycles. The van der Waals surface area contributed by atoms with Crippen LogP contribution in [-0.4, -0.2) is 68.6 Å². The van der Waals surface area contributed by atoms with Crippen molar-refractivity contribution in [3.63, 3.8) is 0 Å². The third-order valence-corrected chi connectivity index (χ3v) is 11.1. The monoisotopic (exact) mass is 612 g/mol. The van der Waals surface area contributed by atoms with Crippen molar-refractivity contribution in [2.75, 3.05) is 16.4 Å². The van der Waals surface area contributed by atoms with E-state index in [0.29, 0.717) is 33.9 Å². The Morgan fingerprint density at radius 2 is 1.79 bits per heavy atom. The van der Waals surface area contributed by atoms with Gasteiger partial charge in [0, 0.05) is 18.2 Å². The number of aliphatic hydroxyl groups excluding tert-OH is 2. The molecule has 3 aromatic heterocycles. The van der Waals surface area contributed by atoms with E-state index < -0.39 is 39.8 Å². The summed E-state index contributed by atoms with van der Waals surface area (Å²) in [5.74, 6) is -0.217. The van der Waals surface area contributed by atoms with Crippen LogP contribution in [0.4, 0.5) is 16.2 Å². The summed E-state index contributed by atoms with van der Waals surface area (Å²) in [5, 5.41) is 29.3. The zero-order valence-corrected chi connectivity index (χ0v) is 25.1. The number of aliphatic hydroxyl groups is 2. The minimum absolute atomic E-state index is 0.0307. The number of pyridine rings is 1. The van der Waals surface area contributed by atoms with Gasteiger partial charge in [-0.25, -0.2) is 22.8 Å². The third kappa shape index (κ3) is 5.70. The van der Waals surface area contributed by atoms with E-state index in [0.717, 1.165) is 40.9 Å². The molecule has 2 saturated carbocycles. The minimum atomic E-state index is -3.83. The molecule has 0 radical (unpaired) electrons. The fourth-order valence-corrected chi connectivity index (χ4v) is 8.38. The fourth-order valence-electron chi connectivity index (χ4n) is 5.63. The molecule has 0 saturated heterocycles. The van der Waals surface area contributed by atoms with E-state index in [9.17, 15) is 23.0 Å². The van der Waals surface area contributed by atoms with E-state index in [2.05, 4.69) is 22.5 Å². The lowest BCUT2D eigenvalue weighted by molar-refractivity contribution is 0.0216. The molecule has 5 atom stereocenters. The SMILES string of the molecule is Cc1nc(N[C@H](C)C2CC2)nc(N[C@@H]2C[C@H](CS(=O)(=O)c3ccc(F)cc3)[C@@H](O)[C@H]2O)c1-c1nc2c(C)nccc2s1. The normalized spacial score (nSPS) is 23.3. The first-order chi connectivity index (χ1) is 20.0. The van der Waals surface area contributed by atoms with Crippen molar-refractivity contribution < 1.29 is 23.0 Å². The Hall–Kier alpha value is -3.26. The van der Waals surface area contributed by atoms with Crippen molar-refractivity contribution in [2.45, 2.75) is 69.2 Å². The molecule has 0 bridgehead atoms. The molecule has 13 heteroatoms. The van der Waals surface area contributed by atoms with Crippen molar-refractivity contribution in [1.29, 1.82) is 0 Å².